The average molecular weight is 261 g/mol. The molecule has 102 valence electrons. The van der Waals surface area contributed by atoms with Gasteiger partial charge in [-0.15, -0.1) is 5.06 Å². The molecule has 0 atom stereocenters. The van der Waals surface area contributed by atoms with Gasteiger partial charge in [-0.2, -0.15) is 0 Å². The van der Waals surface area contributed by atoms with E-state index in [-0.39, 0.29) is 25.3 Å². The van der Waals surface area contributed by atoms with Gasteiger partial charge in [0.25, 0.3) is 12.4 Å². The second kappa shape index (κ2) is 8.93. The van der Waals surface area contributed by atoms with Gasteiger partial charge in [-0.1, -0.05) is 0 Å². The molecule has 0 aromatic heterocycles. The highest BCUT2D eigenvalue weighted by Crippen LogP contribution is 1.92. The van der Waals surface area contributed by atoms with Crippen molar-refractivity contribution in [1.29, 1.82) is 0 Å². The van der Waals surface area contributed by atoms with Gasteiger partial charge in [0.15, 0.2) is 6.61 Å². The van der Waals surface area contributed by atoms with Crippen molar-refractivity contribution < 1.29 is 28.8 Å². The molecule has 2 N–H and O–H groups in total. The summed E-state index contributed by atoms with van der Waals surface area (Å²) in [6.07, 6.45) is 0.0683. The second-order valence-electron chi connectivity index (χ2n) is 2.93. The fraction of sp³-hybridized carbons (Fsp3) is 0.556. The fourth-order valence-corrected chi connectivity index (χ4v) is 0.942. The average Bonchev–Trinajstić information content (AvgIpc) is 2.36. The number of urea groups is 1. The number of rotatable bonds is 7. The Bertz CT molecular complexity index is 319. The molecule has 0 rings (SSSR count). The number of amides is 4. The third-order valence-electron chi connectivity index (χ3n) is 1.78. The van der Waals surface area contributed by atoms with Gasteiger partial charge in [0.05, 0.1) is 7.11 Å². The first kappa shape index (κ1) is 15.8. The molecular weight excluding hydrogens is 246 g/mol. The molecule has 4 amide bonds. The van der Waals surface area contributed by atoms with Crippen LogP contribution in [0.2, 0.25) is 0 Å². The van der Waals surface area contributed by atoms with Crippen LogP contribution in [0.3, 0.4) is 0 Å². The lowest BCUT2D eigenvalue weighted by Crippen LogP contribution is -2.45. The Kier molecular flexibility index (Phi) is 7.86. The number of nitrogens with zero attached hydrogens (tertiary/aromatic N) is 1. The van der Waals surface area contributed by atoms with Crippen LogP contribution in [-0.4, -0.2) is 56.7 Å². The summed E-state index contributed by atoms with van der Waals surface area (Å²) in [6, 6.07) is -0.846. The minimum Gasteiger partial charge on any atom is -0.458 e. The first-order valence-corrected chi connectivity index (χ1v) is 4.97. The SMILES string of the molecule is CNC(=O)CCNC(=O)N(OC)C(=O)COC=O. The normalized spacial score (nSPS) is 9.22. The highest BCUT2D eigenvalue weighted by molar-refractivity contribution is 5.94. The van der Waals surface area contributed by atoms with Crippen LogP contribution in [0.15, 0.2) is 0 Å². The molecule has 0 aliphatic heterocycles. The molecular formula is C9H15N3O6. The van der Waals surface area contributed by atoms with E-state index in [0.717, 1.165) is 7.11 Å². The van der Waals surface area contributed by atoms with Crippen LogP contribution in [0.4, 0.5) is 4.79 Å². The highest BCUT2D eigenvalue weighted by Gasteiger charge is 2.21. The van der Waals surface area contributed by atoms with E-state index < -0.39 is 18.5 Å². The predicted molar refractivity (Wildman–Crippen MR) is 58.0 cm³/mol. The van der Waals surface area contributed by atoms with Gasteiger partial charge in [0.1, 0.15) is 0 Å². The number of hydroxylamine groups is 2. The summed E-state index contributed by atoms with van der Waals surface area (Å²) in [6.45, 7) is -0.490. The smallest absolute Gasteiger partial charge is 0.348 e. The Hall–Kier alpha value is -2.16. The number of ether oxygens (including phenoxy) is 1. The number of carbonyl (C=O) groups is 4. The molecule has 0 saturated carbocycles. The van der Waals surface area contributed by atoms with Crippen molar-refractivity contribution in [3.8, 4) is 0 Å². The second-order valence-corrected chi connectivity index (χ2v) is 2.93. The lowest BCUT2D eigenvalue weighted by molar-refractivity contribution is -0.166. The van der Waals surface area contributed by atoms with E-state index in [1.54, 1.807) is 0 Å². The quantitative estimate of drug-likeness (QED) is 0.421. The molecule has 0 aromatic rings. The van der Waals surface area contributed by atoms with Crippen molar-refractivity contribution in [3.05, 3.63) is 0 Å². The lowest BCUT2D eigenvalue weighted by atomic mass is 10.4. The summed E-state index contributed by atoms with van der Waals surface area (Å²) in [7, 11) is 2.57. The van der Waals surface area contributed by atoms with Crippen LogP contribution < -0.4 is 10.6 Å². The van der Waals surface area contributed by atoms with Crippen LogP contribution in [0.1, 0.15) is 6.42 Å². The zero-order valence-electron chi connectivity index (χ0n) is 10.1. The minimum absolute atomic E-state index is 0.0418. The van der Waals surface area contributed by atoms with Gasteiger partial charge >= 0.3 is 6.03 Å². The number of imide groups is 1. The molecule has 0 spiro atoms. The first-order chi connectivity index (χ1) is 8.56. The molecule has 0 radical (unpaired) electrons. The molecule has 0 heterocycles. The van der Waals surface area contributed by atoms with Crippen molar-refractivity contribution >= 4 is 24.3 Å². The fourth-order valence-electron chi connectivity index (χ4n) is 0.942. The summed E-state index contributed by atoms with van der Waals surface area (Å²) in [5, 5.41) is 5.06. The van der Waals surface area contributed by atoms with Crippen LogP contribution in [-0.2, 0) is 24.0 Å². The number of hydrogen-bond donors (Lipinski definition) is 2. The number of hydrogen-bond acceptors (Lipinski definition) is 6. The Morgan fingerprint density at radius 2 is 2.00 bits per heavy atom. The first-order valence-electron chi connectivity index (χ1n) is 4.97. The van der Waals surface area contributed by atoms with Crippen molar-refractivity contribution in [2.75, 3.05) is 27.3 Å². The summed E-state index contributed by atoms with van der Waals surface area (Å²) in [5.41, 5.74) is 0. The van der Waals surface area contributed by atoms with Gasteiger partial charge in [-0.25, -0.2) is 4.79 Å². The molecule has 9 heteroatoms. The van der Waals surface area contributed by atoms with Crippen LogP contribution in [0.5, 0.6) is 0 Å². The van der Waals surface area contributed by atoms with E-state index in [9.17, 15) is 19.2 Å². The summed E-state index contributed by atoms with van der Waals surface area (Å²) in [4.78, 5) is 48.0. The Morgan fingerprint density at radius 3 is 2.50 bits per heavy atom. The van der Waals surface area contributed by atoms with Gasteiger partial charge in [-0.05, 0) is 0 Å². The predicted octanol–water partition coefficient (Wildman–Crippen LogP) is -1.60. The topological polar surface area (TPSA) is 114 Å². The van der Waals surface area contributed by atoms with Gasteiger partial charge < -0.3 is 15.4 Å². The summed E-state index contributed by atoms with van der Waals surface area (Å²) < 4.78 is 4.19. The lowest BCUT2D eigenvalue weighted by Gasteiger charge is -2.17. The zero-order valence-corrected chi connectivity index (χ0v) is 10.1. The van der Waals surface area contributed by atoms with Crippen LogP contribution >= 0.6 is 0 Å². The maximum absolute atomic E-state index is 11.4. The standard InChI is InChI=1S/C9H15N3O6/c1-10-7(14)3-4-11-9(16)12(17-2)8(15)5-18-6-13/h6H,3-5H2,1-2H3,(H,10,14)(H,11,16). The third-order valence-corrected chi connectivity index (χ3v) is 1.78. The van der Waals surface area contributed by atoms with Gasteiger partial charge in [0, 0.05) is 20.0 Å². The van der Waals surface area contributed by atoms with E-state index in [1.807, 2.05) is 0 Å². The molecule has 0 fully saturated rings. The summed E-state index contributed by atoms with van der Waals surface area (Å²) in [5.74, 6) is -1.10. The maximum atomic E-state index is 11.4. The van der Waals surface area contributed by atoms with Gasteiger partial charge in [-0.3, -0.25) is 19.2 Å². The molecule has 0 aromatic carbocycles. The van der Waals surface area contributed by atoms with E-state index in [4.69, 9.17) is 0 Å². The molecule has 0 bridgehead atoms. The highest BCUT2D eigenvalue weighted by atomic mass is 16.7. The summed E-state index contributed by atoms with van der Waals surface area (Å²) >= 11 is 0. The van der Waals surface area contributed by atoms with Crippen molar-refractivity contribution in [3.63, 3.8) is 0 Å². The zero-order chi connectivity index (χ0) is 14.0. The molecule has 18 heavy (non-hydrogen) atoms. The number of nitrogens with one attached hydrogen (secondary N) is 2. The van der Waals surface area contributed by atoms with E-state index in [0.29, 0.717) is 5.06 Å². The van der Waals surface area contributed by atoms with Crippen molar-refractivity contribution in [1.82, 2.24) is 15.7 Å². The Balaban J connectivity index is 4.14. The van der Waals surface area contributed by atoms with Crippen LogP contribution in [0.25, 0.3) is 0 Å². The Labute approximate surface area is 103 Å². The van der Waals surface area contributed by atoms with Crippen LogP contribution in [0, 0.1) is 0 Å². The molecule has 0 saturated heterocycles. The van der Waals surface area contributed by atoms with Crippen molar-refractivity contribution in [2.45, 2.75) is 6.42 Å². The molecule has 0 aliphatic carbocycles. The number of carbonyl (C=O) groups excluding carboxylic acids is 4. The monoisotopic (exact) mass is 261 g/mol. The third kappa shape index (κ3) is 5.80. The molecule has 0 unspecified atom stereocenters. The molecule has 9 nitrogen and oxygen atoms in total. The minimum atomic E-state index is -0.846. The maximum Gasteiger partial charge on any atom is 0.348 e. The van der Waals surface area contributed by atoms with E-state index >= 15 is 0 Å². The largest absolute Gasteiger partial charge is 0.458 e. The molecule has 0 aliphatic rings. The van der Waals surface area contributed by atoms with E-state index in [1.165, 1.54) is 7.05 Å². The Morgan fingerprint density at radius 1 is 1.33 bits per heavy atom. The van der Waals surface area contributed by atoms with E-state index in [2.05, 4.69) is 20.2 Å². The van der Waals surface area contributed by atoms with Gasteiger partial charge in [0.2, 0.25) is 5.91 Å². The van der Waals surface area contributed by atoms with Crippen molar-refractivity contribution in [2.24, 2.45) is 0 Å².